The summed E-state index contributed by atoms with van der Waals surface area (Å²) >= 11 is 0. The molecule has 3 rings (SSSR count). The summed E-state index contributed by atoms with van der Waals surface area (Å²) < 4.78 is 0. The fourth-order valence-electron chi connectivity index (χ4n) is 3.58. The second-order valence-corrected chi connectivity index (χ2v) is 7.29. The number of hydrogen-bond acceptors (Lipinski definition) is 3. The average molecular weight is 395 g/mol. The van der Waals surface area contributed by atoms with Crippen LogP contribution in [-0.2, 0) is 15.1 Å². The Hall–Kier alpha value is -3.19. The molecule has 152 valence electrons. The Morgan fingerprint density at radius 2 is 1.59 bits per heavy atom. The van der Waals surface area contributed by atoms with Crippen LogP contribution >= 0.6 is 0 Å². The first-order valence-corrected chi connectivity index (χ1v) is 9.82. The lowest BCUT2D eigenvalue weighted by Gasteiger charge is -2.28. The Balaban J connectivity index is 1.87. The molecule has 1 atom stereocenters. The molecule has 2 aromatic carbocycles. The van der Waals surface area contributed by atoms with Gasteiger partial charge in [0.2, 0.25) is 0 Å². The van der Waals surface area contributed by atoms with Crippen LogP contribution in [0.5, 0.6) is 0 Å². The van der Waals surface area contributed by atoms with E-state index in [1.54, 1.807) is 7.05 Å². The van der Waals surface area contributed by atoms with Gasteiger partial charge in [-0.1, -0.05) is 67.6 Å². The molecule has 1 unspecified atom stereocenters. The van der Waals surface area contributed by atoms with Crippen LogP contribution in [0.25, 0.3) is 0 Å². The largest absolute Gasteiger partial charge is 0.351 e. The summed E-state index contributed by atoms with van der Waals surface area (Å²) in [6.45, 7) is 2.88. The number of carbonyl (C=O) groups is 3. The molecule has 3 N–H and O–H groups in total. The molecule has 0 aliphatic carbocycles. The molecule has 1 aliphatic heterocycles. The molecule has 29 heavy (non-hydrogen) atoms. The molecule has 1 heterocycles. The highest BCUT2D eigenvalue weighted by molar-refractivity contribution is 6.09. The van der Waals surface area contributed by atoms with Gasteiger partial charge in [0.25, 0.3) is 11.8 Å². The van der Waals surface area contributed by atoms with Gasteiger partial charge in [0.05, 0.1) is 7.05 Å². The third kappa shape index (κ3) is 4.14. The minimum atomic E-state index is -1.27. The summed E-state index contributed by atoms with van der Waals surface area (Å²) in [6, 6.07) is 18.0. The molecule has 0 bridgehead atoms. The van der Waals surface area contributed by atoms with Crippen molar-refractivity contribution in [1.29, 1.82) is 0 Å². The number of nitrogens with one attached hydrogen (secondary N) is 3. The Morgan fingerprint density at radius 1 is 1.03 bits per heavy atom. The van der Waals surface area contributed by atoms with Crippen molar-refractivity contribution in [3.8, 4) is 0 Å². The van der Waals surface area contributed by atoms with Gasteiger partial charge in [0.1, 0.15) is 0 Å². The van der Waals surface area contributed by atoms with Crippen molar-refractivity contribution in [2.24, 2.45) is 0 Å². The van der Waals surface area contributed by atoms with E-state index >= 15 is 0 Å². The summed E-state index contributed by atoms with van der Waals surface area (Å²) in [4.78, 5) is 40.3. The lowest BCUT2D eigenvalue weighted by atomic mass is 9.83. The molecule has 2 aromatic rings. The predicted molar refractivity (Wildman–Crippen MR) is 109 cm³/mol. The third-order valence-electron chi connectivity index (χ3n) is 4.98. The van der Waals surface area contributed by atoms with Crippen molar-refractivity contribution in [2.45, 2.75) is 18.9 Å². The van der Waals surface area contributed by atoms with Crippen LogP contribution in [0.2, 0.25) is 0 Å². The fourth-order valence-corrected chi connectivity index (χ4v) is 3.58. The van der Waals surface area contributed by atoms with E-state index in [0.717, 1.165) is 11.3 Å². The number of benzene rings is 2. The highest BCUT2D eigenvalue weighted by atomic mass is 16.2. The van der Waals surface area contributed by atoms with E-state index in [-0.39, 0.29) is 25.0 Å². The Labute approximate surface area is 170 Å². The predicted octanol–water partition coefficient (Wildman–Crippen LogP) is 0.480. The minimum Gasteiger partial charge on any atom is -0.351 e. The maximum absolute atomic E-state index is 13.6. The van der Waals surface area contributed by atoms with Crippen molar-refractivity contribution in [2.75, 3.05) is 26.8 Å². The third-order valence-corrected chi connectivity index (χ3v) is 4.98. The van der Waals surface area contributed by atoms with Crippen LogP contribution in [0.15, 0.2) is 60.7 Å². The van der Waals surface area contributed by atoms with Crippen LogP contribution < -0.4 is 15.5 Å². The second-order valence-electron chi connectivity index (χ2n) is 7.29. The van der Waals surface area contributed by atoms with Gasteiger partial charge in [-0.15, -0.1) is 0 Å². The topological polar surface area (TPSA) is 82.9 Å². The summed E-state index contributed by atoms with van der Waals surface area (Å²) in [5, 5.41) is 5.73. The molecule has 0 spiro atoms. The Kier molecular flexibility index (Phi) is 6.29. The van der Waals surface area contributed by atoms with Crippen LogP contribution in [0.3, 0.4) is 0 Å². The molecule has 7 heteroatoms. The molecule has 1 saturated heterocycles. The number of hydrogen-bond donors (Lipinski definition) is 3. The van der Waals surface area contributed by atoms with Crippen LogP contribution in [0.1, 0.15) is 24.5 Å². The molecule has 0 radical (unpaired) electrons. The van der Waals surface area contributed by atoms with Gasteiger partial charge in [-0.3, -0.25) is 9.59 Å². The molecule has 1 fully saturated rings. The second kappa shape index (κ2) is 8.87. The smallest absolute Gasteiger partial charge is 0.330 e. The lowest BCUT2D eigenvalue weighted by Crippen LogP contribution is -3.12. The molecular formula is C22H27N4O3+. The number of carbonyl (C=O) groups excluding carboxylic acids is 3. The molecule has 0 saturated carbocycles. The zero-order valence-corrected chi connectivity index (χ0v) is 16.8. The Morgan fingerprint density at radius 3 is 2.10 bits per heavy atom. The normalized spacial score (nSPS) is 16.4. The van der Waals surface area contributed by atoms with E-state index in [0.29, 0.717) is 17.7 Å². The van der Waals surface area contributed by atoms with E-state index in [1.165, 1.54) is 4.90 Å². The monoisotopic (exact) mass is 395 g/mol. The van der Waals surface area contributed by atoms with Gasteiger partial charge in [-0.2, -0.15) is 0 Å². The van der Waals surface area contributed by atoms with Crippen molar-refractivity contribution < 1.29 is 19.3 Å². The van der Waals surface area contributed by atoms with E-state index in [1.807, 2.05) is 67.6 Å². The van der Waals surface area contributed by atoms with Gasteiger partial charge < -0.3 is 15.5 Å². The van der Waals surface area contributed by atoms with Crippen molar-refractivity contribution >= 4 is 17.8 Å². The van der Waals surface area contributed by atoms with Gasteiger partial charge in [0.15, 0.2) is 18.8 Å². The number of imide groups is 1. The van der Waals surface area contributed by atoms with E-state index in [9.17, 15) is 14.4 Å². The van der Waals surface area contributed by atoms with Crippen LogP contribution in [0.4, 0.5) is 4.79 Å². The number of quaternary nitrogens is 1. The van der Waals surface area contributed by atoms with Gasteiger partial charge >= 0.3 is 6.03 Å². The van der Waals surface area contributed by atoms with E-state index in [2.05, 4.69) is 10.6 Å². The lowest BCUT2D eigenvalue weighted by molar-refractivity contribution is -0.879. The number of amides is 4. The van der Waals surface area contributed by atoms with Crippen molar-refractivity contribution in [3.05, 3.63) is 71.8 Å². The molecule has 4 amide bonds. The number of urea groups is 1. The molecule has 0 aromatic heterocycles. The maximum Gasteiger partial charge on any atom is 0.330 e. The first kappa shape index (κ1) is 20.5. The molecule has 7 nitrogen and oxygen atoms in total. The zero-order valence-electron chi connectivity index (χ0n) is 16.8. The summed E-state index contributed by atoms with van der Waals surface area (Å²) in [7, 11) is 1.79. The minimum absolute atomic E-state index is 0.103. The number of likely N-dealkylation sites (N-methyl/N-ethyl adjacent to an activating group) is 1. The van der Waals surface area contributed by atoms with Crippen LogP contribution in [-0.4, -0.2) is 49.6 Å². The van der Waals surface area contributed by atoms with Gasteiger partial charge in [-0.25, -0.2) is 9.69 Å². The van der Waals surface area contributed by atoms with Crippen molar-refractivity contribution in [3.63, 3.8) is 0 Å². The first-order valence-electron chi connectivity index (χ1n) is 9.82. The highest BCUT2D eigenvalue weighted by Gasteiger charge is 2.54. The summed E-state index contributed by atoms with van der Waals surface area (Å²) in [6.07, 6.45) is 0.856. The zero-order chi connectivity index (χ0) is 20.9. The Bertz CT molecular complexity index is 831. The number of nitrogens with zero attached hydrogens (tertiary/aromatic N) is 1. The standard InChI is InChI=1S/C22H26N4O3/c1-3-14-23-19(27)15-25(2)16-26-20(28)22(24-21(26)29,17-10-6-4-7-11-17)18-12-8-5-9-13-18/h4-13H,3,14-16H2,1-2H3,(H,23,27)(H,24,29)/p+1. The van der Waals surface area contributed by atoms with E-state index < -0.39 is 11.6 Å². The SMILES string of the molecule is CCCNC(=O)C[NH+](C)CN1C(=O)NC(c2ccccc2)(c2ccccc2)C1=O. The maximum atomic E-state index is 13.6. The highest BCUT2D eigenvalue weighted by Crippen LogP contribution is 2.35. The molecular weight excluding hydrogens is 368 g/mol. The van der Waals surface area contributed by atoms with Crippen LogP contribution in [0, 0.1) is 0 Å². The van der Waals surface area contributed by atoms with Crippen molar-refractivity contribution in [1.82, 2.24) is 15.5 Å². The summed E-state index contributed by atoms with van der Waals surface area (Å²) in [5.41, 5.74) is 0.125. The quantitative estimate of drug-likeness (QED) is 0.569. The first-order chi connectivity index (χ1) is 14.0. The average Bonchev–Trinajstić information content (AvgIpc) is 2.99. The molecule has 1 aliphatic rings. The van der Waals surface area contributed by atoms with E-state index in [4.69, 9.17) is 0 Å². The fraction of sp³-hybridized carbons (Fsp3) is 0.318. The number of rotatable bonds is 8. The summed E-state index contributed by atoms with van der Waals surface area (Å²) in [5.74, 6) is -0.443. The van der Waals surface area contributed by atoms with Gasteiger partial charge in [0, 0.05) is 6.54 Å². The van der Waals surface area contributed by atoms with Gasteiger partial charge in [-0.05, 0) is 17.5 Å².